The largest absolute Gasteiger partial charge is 0.507 e. The van der Waals surface area contributed by atoms with Crippen molar-refractivity contribution < 1.29 is 9.90 Å². The number of aryl methyl sites for hydroxylation is 1. The van der Waals surface area contributed by atoms with Crippen molar-refractivity contribution >= 4 is 38.5 Å². The Bertz CT molecular complexity index is 570. The summed E-state index contributed by atoms with van der Waals surface area (Å²) in [5, 5.41) is 12.6. The van der Waals surface area contributed by atoms with E-state index >= 15 is 0 Å². The molecule has 1 aromatic heterocycles. The summed E-state index contributed by atoms with van der Waals surface area (Å²) in [6.45, 7) is 1.74. The van der Waals surface area contributed by atoms with Crippen molar-refractivity contribution in [2.24, 2.45) is 0 Å². The van der Waals surface area contributed by atoms with Gasteiger partial charge in [-0.25, -0.2) is 4.98 Å². The third-order valence-corrected chi connectivity index (χ3v) is 3.17. The SMILES string of the molecule is Cc1nsc(NC(=O)c2ccc(Br)cc2O)n1. The van der Waals surface area contributed by atoms with E-state index in [9.17, 15) is 9.90 Å². The second-order valence-electron chi connectivity index (χ2n) is 3.26. The van der Waals surface area contributed by atoms with Crippen molar-refractivity contribution in [1.29, 1.82) is 0 Å². The first-order chi connectivity index (χ1) is 8.06. The number of hydrogen-bond donors (Lipinski definition) is 2. The number of hydrogen-bond acceptors (Lipinski definition) is 5. The number of phenols is 1. The van der Waals surface area contributed by atoms with Gasteiger partial charge in [0, 0.05) is 16.0 Å². The molecule has 5 nitrogen and oxygen atoms in total. The van der Waals surface area contributed by atoms with Gasteiger partial charge in [-0.05, 0) is 25.1 Å². The maximum atomic E-state index is 11.8. The topological polar surface area (TPSA) is 75.1 Å². The van der Waals surface area contributed by atoms with E-state index in [1.807, 2.05) is 0 Å². The van der Waals surface area contributed by atoms with Crippen LogP contribution in [0.4, 0.5) is 5.13 Å². The number of amides is 1. The lowest BCUT2D eigenvalue weighted by Gasteiger charge is -2.04. The van der Waals surface area contributed by atoms with Gasteiger partial charge in [-0.3, -0.25) is 10.1 Å². The summed E-state index contributed by atoms with van der Waals surface area (Å²) in [6.07, 6.45) is 0. The van der Waals surface area contributed by atoms with Gasteiger partial charge < -0.3 is 5.11 Å². The zero-order valence-corrected chi connectivity index (χ0v) is 11.2. The number of carbonyl (C=O) groups is 1. The van der Waals surface area contributed by atoms with Crippen molar-refractivity contribution in [3.8, 4) is 5.75 Å². The molecule has 17 heavy (non-hydrogen) atoms. The molecule has 0 aliphatic rings. The van der Waals surface area contributed by atoms with E-state index in [2.05, 4.69) is 30.6 Å². The van der Waals surface area contributed by atoms with Crippen LogP contribution in [0.25, 0.3) is 0 Å². The Morgan fingerprint density at radius 2 is 2.29 bits per heavy atom. The van der Waals surface area contributed by atoms with Gasteiger partial charge in [0.25, 0.3) is 5.91 Å². The molecule has 0 spiro atoms. The molecule has 1 heterocycles. The second-order valence-corrected chi connectivity index (χ2v) is 4.93. The number of halogens is 1. The summed E-state index contributed by atoms with van der Waals surface area (Å²) in [4.78, 5) is 15.8. The molecular formula is C10H8BrN3O2S. The number of benzene rings is 1. The van der Waals surface area contributed by atoms with Crippen LogP contribution in [0, 0.1) is 6.92 Å². The highest BCUT2D eigenvalue weighted by molar-refractivity contribution is 9.10. The minimum absolute atomic E-state index is 0.0851. The molecule has 2 aromatic rings. The molecule has 0 atom stereocenters. The molecule has 1 aromatic carbocycles. The summed E-state index contributed by atoms with van der Waals surface area (Å²) in [5.74, 6) is 0.106. The predicted octanol–water partition coefficient (Wildman–Crippen LogP) is 2.57. The number of aromatic hydroxyl groups is 1. The monoisotopic (exact) mass is 313 g/mol. The van der Waals surface area contributed by atoms with Crippen LogP contribution in [0.15, 0.2) is 22.7 Å². The average Bonchev–Trinajstić information content (AvgIpc) is 2.63. The number of anilines is 1. The van der Waals surface area contributed by atoms with Gasteiger partial charge in [-0.2, -0.15) is 4.37 Å². The van der Waals surface area contributed by atoms with Crippen molar-refractivity contribution in [2.75, 3.05) is 5.32 Å². The third-order valence-electron chi connectivity index (χ3n) is 1.95. The van der Waals surface area contributed by atoms with E-state index in [4.69, 9.17) is 0 Å². The van der Waals surface area contributed by atoms with Crippen LogP contribution < -0.4 is 5.32 Å². The Morgan fingerprint density at radius 1 is 1.53 bits per heavy atom. The maximum absolute atomic E-state index is 11.8. The van der Waals surface area contributed by atoms with E-state index in [1.54, 1.807) is 13.0 Å². The number of nitrogens with zero attached hydrogens (tertiary/aromatic N) is 2. The first kappa shape index (κ1) is 12.0. The zero-order valence-electron chi connectivity index (χ0n) is 8.77. The van der Waals surface area contributed by atoms with Crippen molar-refractivity contribution in [2.45, 2.75) is 6.92 Å². The number of carbonyl (C=O) groups excluding carboxylic acids is 1. The summed E-state index contributed by atoms with van der Waals surface area (Å²) in [5.41, 5.74) is 0.195. The summed E-state index contributed by atoms with van der Waals surface area (Å²) >= 11 is 4.30. The number of nitrogens with one attached hydrogen (secondary N) is 1. The Hall–Kier alpha value is -1.47. The molecule has 2 rings (SSSR count). The highest BCUT2D eigenvalue weighted by Crippen LogP contribution is 2.23. The van der Waals surface area contributed by atoms with Gasteiger partial charge >= 0.3 is 0 Å². The van der Waals surface area contributed by atoms with Gasteiger partial charge in [-0.15, -0.1) is 0 Å². The molecule has 7 heteroatoms. The Balaban J connectivity index is 2.20. The first-order valence-corrected chi connectivity index (χ1v) is 6.23. The average molecular weight is 314 g/mol. The molecule has 2 N–H and O–H groups in total. The van der Waals surface area contributed by atoms with Gasteiger partial charge in [-0.1, -0.05) is 15.9 Å². The first-order valence-electron chi connectivity index (χ1n) is 4.66. The van der Waals surface area contributed by atoms with E-state index < -0.39 is 5.91 Å². The lowest BCUT2D eigenvalue weighted by molar-refractivity contribution is 0.102. The van der Waals surface area contributed by atoms with Crippen LogP contribution in [0.1, 0.15) is 16.2 Å². The Labute approximate surface area is 110 Å². The Kier molecular flexibility index (Phi) is 3.39. The van der Waals surface area contributed by atoms with Gasteiger partial charge in [0.1, 0.15) is 11.6 Å². The highest BCUT2D eigenvalue weighted by Gasteiger charge is 2.13. The summed E-state index contributed by atoms with van der Waals surface area (Å²) in [6, 6.07) is 4.67. The van der Waals surface area contributed by atoms with Crippen LogP contribution >= 0.6 is 27.5 Å². The number of phenolic OH excluding ortho intramolecular Hbond substituents is 1. The second kappa shape index (κ2) is 4.80. The van der Waals surface area contributed by atoms with E-state index in [0.29, 0.717) is 15.4 Å². The maximum Gasteiger partial charge on any atom is 0.261 e. The molecule has 0 unspecified atom stereocenters. The van der Waals surface area contributed by atoms with Gasteiger partial charge in [0.2, 0.25) is 5.13 Å². The normalized spacial score (nSPS) is 10.2. The van der Waals surface area contributed by atoms with Crippen molar-refractivity contribution in [3.05, 3.63) is 34.1 Å². The molecule has 0 saturated heterocycles. The fourth-order valence-corrected chi connectivity index (χ4v) is 2.13. The smallest absolute Gasteiger partial charge is 0.261 e. The summed E-state index contributed by atoms with van der Waals surface area (Å²) in [7, 11) is 0. The van der Waals surface area contributed by atoms with E-state index in [0.717, 1.165) is 11.5 Å². The highest BCUT2D eigenvalue weighted by atomic mass is 79.9. The fourth-order valence-electron chi connectivity index (χ4n) is 1.21. The standard InChI is InChI=1S/C10H8BrN3O2S/c1-5-12-10(17-14-5)13-9(16)7-3-2-6(11)4-8(7)15/h2-4,15H,1H3,(H,12,13,14,16). The van der Waals surface area contributed by atoms with Crippen molar-refractivity contribution in [1.82, 2.24) is 9.36 Å². The van der Waals surface area contributed by atoms with Crippen LogP contribution in [-0.4, -0.2) is 20.4 Å². The van der Waals surface area contributed by atoms with Crippen LogP contribution in [-0.2, 0) is 0 Å². The van der Waals surface area contributed by atoms with E-state index in [-0.39, 0.29) is 11.3 Å². The number of aromatic nitrogens is 2. The molecule has 88 valence electrons. The fraction of sp³-hybridized carbons (Fsp3) is 0.100. The van der Waals surface area contributed by atoms with Crippen LogP contribution in [0.5, 0.6) is 5.75 Å². The van der Waals surface area contributed by atoms with E-state index in [1.165, 1.54) is 12.1 Å². The predicted molar refractivity (Wildman–Crippen MR) is 68.4 cm³/mol. The van der Waals surface area contributed by atoms with Crippen molar-refractivity contribution in [3.63, 3.8) is 0 Å². The molecule has 0 saturated carbocycles. The molecule has 0 aliphatic carbocycles. The van der Waals surface area contributed by atoms with Gasteiger partial charge in [0.05, 0.1) is 5.56 Å². The van der Waals surface area contributed by atoms with Crippen LogP contribution in [0.2, 0.25) is 0 Å². The summed E-state index contributed by atoms with van der Waals surface area (Å²) < 4.78 is 4.65. The molecule has 1 amide bonds. The lowest BCUT2D eigenvalue weighted by atomic mass is 10.2. The minimum atomic E-state index is -0.411. The molecule has 0 bridgehead atoms. The third kappa shape index (κ3) is 2.80. The van der Waals surface area contributed by atoms with Gasteiger partial charge in [0.15, 0.2) is 0 Å². The quantitative estimate of drug-likeness (QED) is 0.893. The molecule has 0 radical (unpaired) electrons. The minimum Gasteiger partial charge on any atom is -0.507 e. The van der Waals surface area contributed by atoms with Crippen LogP contribution in [0.3, 0.4) is 0 Å². The molecule has 0 aliphatic heterocycles. The zero-order chi connectivity index (χ0) is 12.4. The lowest BCUT2D eigenvalue weighted by Crippen LogP contribution is -2.11. The molecular weight excluding hydrogens is 306 g/mol. The number of rotatable bonds is 2. The molecule has 0 fully saturated rings. The Morgan fingerprint density at radius 3 is 2.88 bits per heavy atom.